The molecule has 146 valence electrons. The van der Waals surface area contributed by atoms with Gasteiger partial charge in [-0.2, -0.15) is 11.3 Å². The van der Waals surface area contributed by atoms with Gasteiger partial charge in [-0.1, -0.05) is 6.07 Å². The molecular formula is C21H28N2O2S2. The summed E-state index contributed by atoms with van der Waals surface area (Å²) in [5.41, 5.74) is 3.91. The maximum absolute atomic E-state index is 12.7. The van der Waals surface area contributed by atoms with E-state index in [4.69, 9.17) is 0 Å². The molecule has 2 heterocycles. The molecule has 0 unspecified atom stereocenters. The standard InChI is InChI=1S/C21H28N2O2S2/c24-27(25,21-6-5-19-3-1-2-4-20(19)13-21)22-14-17-7-10-23(11-8-17)15-18-9-12-26-16-18/h5-6,9,12-13,16-17,22H,1-4,7-8,10-11,14-15H2. The molecule has 6 heteroatoms. The summed E-state index contributed by atoms with van der Waals surface area (Å²) < 4.78 is 28.3. The van der Waals surface area contributed by atoms with Gasteiger partial charge in [0.05, 0.1) is 4.90 Å². The van der Waals surface area contributed by atoms with Crippen LogP contribution in [0.3, 0.4) is 0 Å². The summed E-state index contributed by atoms with van der Waals surface area (Å²) in [6.07, 6.45) is 6.55. The molecule has 0 atom stereocenters. The first-order valence-corrected chi connectivity index (χ1v) is 12.4. The molecule has 1 N–H and O–H groups in total. The van der Waals surface area contributed by atoms with Crippen molar-refractivity contribution in [3.8, 4) is 0 Å². The molecule has 1 saturated heterocycles. The monoisotopic (exact) mass is 404 g/mol. The average Bonchev–Trinajstić information content (AvgIpc) is 3.20. The Morgan fingerprint density at radius 2 is 1.85 bits per heavy atom. The number of hydrogen-bond donors (Lipinski definition) is 1. The number of sulfonamides is 1. The first-order chi connectivity index (χ1) is 13.1. The van der Waals surface area contributed by atoms with Gasteiger partial charge in [0.25, 0.3) is 0 Å². The molecule has 2 aliphatic rings. The normalized spacial score (nSPS) is 19.1. The highest BCUT2D eigenvalue weighted by Gasteiger charge is 2.23. The largest absolute Gasteiger partial charge is 0.299 e. The van der Waals surface area contributed by atoms with Crippen LogP contribution in [-0.4, -0.2) is 33.0 Å². The smallest absolute Gasteiger partial charge is 0.240 e. The molecule has 1 aromatic carbocycles. The molecule has 1 fully saturated rings. The second-order valence-corrected chi connectivity index (χ2v) is 10.4. The molecule has 0 spiro atoms. The number of likely N-dealkylation sites (tertiary alicyclic amines) is 1. The summed E-state index contributed by atoms with van der Waals surface area (Å²) in [6.45, 7) is 3.64. The van der Waals surface area contributed by atoms with E-state index in [1.807, 2.05) is 12.1 Å². The molecule has 1 aromatic heterocycles. The molecule has 2 aromatic rings. The average molecular weight is 405 g/mol. The number of fused-ring (bicyclic) bond motifs is 1. The van der Waals surface area contributed by atoms with Crippen molar-refractivity contribution in [1.29, 1.82) is 0 Å². The van der Waals surface area contributed by atoms with Crippen molar-refractivity contribution in [3.63, 3.8) is 0 Å². The molecule has 4 rings (SSSR count). The number of thiophene rings is 1. The van der Waals surface area contributed by atoms with Crippen LogP contribution in [0, 0.1) is 5.92 Å². The van der Waals surface area contributed by atoms with E-state index in [2.05, 4.69) is 26.4 Å². The zero-order valence-electron chi connectivity index (χ0n) is 15.7. The van der Waals surface area contributed by atoms with Crippen molar-refractivity contribution in [2.24, 2.45) is 5.92 Å². The molecule has 27 heavy (non-hydrogen) atoms. The third-order valence-corrected chi connectivity index (χ3v) is 8.04. The molecule has 1 aliphatic heterocycles. The van der Waals surface area contributed by atoms with Gasteiger partial charge in [0.15, 0.2) is 0 Å². The Bertz CT molecular complexity index is 854. The highest BCUT2D eigenvalue weighted by molar-refractivity contribution is 7.89. The van der Waals surface area contributed by atoms with E-state index in [0.717, 1.165) is 51.7 Å². The lowest BCUT2D eigenvalue weighted by molar-refractivity contribution is 0.179. The van der Waals surface area contributed by atoms with Gasteiger partial charge >= 0.3 is 0 Å². The molecular weight excluding hydrogens is 376 g/mol. The van der Waals surface area contributed by atoms with Crippen molar-refractivity contribution >= 4 is 21.4 Å². The van der Waals surface area contributed by atoms with Crippen LogP contribution in [0.25, 0.3) is 0 Å². The third kappa shape index (κ3) is 4.80. The van der Waals surface area contributed by atoms with Gasteiger partial charge in [-0.05, 0) is 103 Å². The van der Waals surface area contributed by atoms with E-state index in [9.17, 15) is 8.42 Å². The van der Waals surface area contributed by atoms with Gasteiger partial charge in [0.1, 0.15) is 0 Å². The Kier molecular flexibility index (Phi) is 5.97. The second kappa shape index (κ2) is 8.43. The van der Waals surface area contributed by atoms with Crippen LogP contribution in [0.1, 0.15) is 42.4 Å². The zero-order valence-corrected chi connectivity index (χ0v) is 17.3. The minimum absolute atomic E-state index is 0.427. The van der Waals surface area contributed by atoms with Crippen LogP contribution in [0.2, 0.25) is 0 Å². The zero-order chi connectivity index (χ0) is 18.7. The summed E-state index contributed by atoms with van der Waals surface area (Å²) in [5, 5.41) is 4.33. The Labute approximate surface area is 166 Å². The molecule has 0 amide bonds. The third-order valence-electron chi connectivity index (χ3n) is 5.89. The van der Waals surface area contributed by atoms with Crippen LogP contribution < -0.4 is 4.72 Å². The quantitative estimate of drug-likeness (QED) is 0.796. The van der Waals surface area contributed by atoms with Crippen LogP contribution in [0.15, 0.2) is 39.9 Å². The fourth-order valence-corrected chi connectivity index (χ4v) is 6.00. The number of nitrogens with one attached hydrogen (secondary N) is 1. The van der Waals surface area contributed by atoms with Crippen LogP contribution >= 0.6 is 11.3 Å². The maximum Gasteiger partial charge on any atom is 0.240 e. The summed E-state index contributed by atoms with van der Waals surface area (Å²) in [4.78, 5) is 2.90. The maximum atomic E-state index is 12.7. The fraction of sp³-hybridized carbons (Fsp3) is 0.524. The summed E-state index contributed by atoms with van der Waals surface area (Å²) in [7, 11) is -3.41. The van der Waals surface area contributed by atoms with Crippen molar-refractivity contribution in [2.75, 3.05) is 19.6 Å². The molecule has 0 saturated carbocycles. The van der Waals surface area contributed by atoms with Crippen molar-refractivity contribution in [1.82, 2.24) is 9.62 Å². The fourth-order valence-electron chi connectivity index (χ4n) is 4.18. The van der Waals surface area contributed by atoms with Gasteiger partial charge in [-0.25, -0.2) is 13.1 Å². The second-order valence-electron chi connectivity index (χ2n) is 7.84. The van der Waals surface area contributed by atoms with E-state index in [1.165, 1.54) is 23.1 Å². The van der Waals surface area contributed by atoms with Crippen molar-refractivity contribution in [2.45, 2.75) is 50.0 Å². The van der Waals surface area contributed by atoms with Gasteiger partial charge in [0.2, 0.25) is 10.0 Å². The number of benzene rings is 1. The van der Waals surface area contributed by atoms with Gasteiger partial charge in [0, 0.05) is 13.1 Å². The van der Waals surface area contributed by atoms with E-state index in [0.29, 0.717) is 17.4 Å². The number of rotatable bonds is 6. The predicted octanol–water partition coefficient (Wildman–Crippen LogP) is 3.82. The Morgan fingerprint density at radius 3 is 2.59 bits per heavy atom. The molecule has 4 nitrogen and oxygen atoms in total. The highest BCUT2D eigenvalue weighted by Crippen LogP contribution is 2.25. The topological polar surface area (TPSA) is 49.4 Å². The predicted molar refractivity (Wildman–Crippen MR) is 111 cm³/mol. The summed E-state index contributed by atoms with van der Waals surface area (Å²) >= 11 is 1.74. The lowest BCUT2D eigenvalue weighted by atomic mass is 9.92. The molecule has 1 aliphatic carbocycles. The number of aryl methyl sites for hydroxylation is 2. The van der Waals surface area contributed by atoms with Gasteiger partial charge < -0.3 is 0 Å². The van der Waals surface area contributed by atoms with Gasteiger partial charge in [-0.15, -0.1) is 0 Å². The minimum atomic E-state index is -3.41. The Balaban J connectivity index is 1.29. The van der Waals surface area contributed by atoms with Crippen molar-refractivity contribution in [3.05, 3.63) is 51.7 Å². The summed E-state index contributed by atoms with van der Waals surface area (Å²) in [5.74, 6) is 0.427. The van der Waals surface area contributed by atoms with Crippen LogP contribution in [0.5, 0.6) is 0 Å². The minimum Gasteiger partial charge on any atom is -0.299 e. The van der Waals surface area contributed by atoms with E-state index >= 15 is 0 Å². The van der Waals surface area contributed by atoms with Crippen LogP contribution in [-0.2, 0) is 29.4 Å². The number of piperidine rings is 1. The lowest BCUT2D eigenvalue weighted by Crippen LogP contribution is -2.38. The lowest BCUT2D eigenvalue weighted by Gasteiger charge is -2.31. The Morgan fingerprint density at radius 1 is 1.07 bits per heavy atom. The molecule has 0 radical (unpaired) electrons. The van der Waals surface area contributed by atoms with Crippen molar-refractivity contribution < 1.29 is 8.42 Å². The first-order valence-electron chi connectivity index (χ1n) is 9.95. The number of hydrogen-bond acceptors (Lipinski definition) is 4. The van der Waals surface area contributed by atoms with E-state index < -0.39 is 10.0 Å². The Hall–Kier alpha value is -1.21. The SMILES string of the molecule is O=S(=O)(NCC1CCN(Cc2ccsc2)CC1)c1ccc2c(c1)CCCC2. The van der Waals surface area contributed by atoms with Gasteiger partial charge in [-0.3, -0.25) is 4.90 Å². The van der Waals surface area contributed by atoms with Crippen LogP contribution in [0.4, 0.5) is 0 Å². The van der Waals surface area contributed by atoms with E-state index in [-0.39, 0.29) is 0 Å². The van der Waals surface area contributed by atoms with E-state index in [1.54, 1.807) is 17.4 Å². The number of nitrogens with zero attached hydrogens (tertiary/aromatic N) is 1. The highest BCUT2D eigenvalue weighted by atomic mass is 32.2. The summed E-state index contributed by atoms with van der Waals surface area (Å²) in [6, 6.07) is 7.85. The molecule has 0 bridgehead atoms. The first kappa shape index (κ1) is 19.1.